The average Bonchev–Trinajstić information content (AvgIpc) is 2.06. The van der Waals surface area contributed by atoms with E-state index in [-0.39, 0.29) is 10.5 Å². The van der Waals surface area contributed by atoms with E-state index in [4.69, 9.17) is 4.74 Å². The van der Waals surface area contributed by atoms with E-state index in [9.17, 15) is 5.11 Å². The maximum atomic E-state index is 9.40. The zero-order chi connectivity index (χ0) is 10.8. The molecule has 0 spiro atoms. The van der Waals surface area contributed by atoms with E-state index in [0.29, 0.717) is 5.75 Å². The lowest BCUT2D eigenvalue weighted by molar-refractivity contribution is 0.372. The monoisotopic (exact) mass is 212 g/mol. The number of aromatic hydroxyl groups is 1. The molecule has 1 aromatic rings. The second-order valence-corrected chi connectivity index (χ2v) is 5.95. The highest BCUT2D eigenvalue weighted by atomic mass is 32.2. The van der Waals surface area contributed by atoms with Gasteiger partial charge >= 0.3 is 0 Å². The first kappa shape index (κ1) is 11.2. The molecule has 0 amide bonds. The Kier molecular flexibility index (Phi) is 3.32. The summed E-state index contributed by atoms with van der Waals surface area (Å²) in [7, 11) is 1.56. The van der Waals surface area contributed by atoms with Gasteiger partial charge in [-0.05, 0) is 18.2 Å². The van der Waals surface area contributed by atoms with Gasteiger partial charge in [0.2, 0.25) is 0 Å². The summed E-state index contributed by atoms with van der Waals surface area (Å²) >= 11 is 1.75. The van der Waals surface area contributed by atoms with Crippen LogP contribution in [0.1, 0.15) is 20.8 Å². The first-order valence-corrected chi connectivity index (χ1v) is 5.30. The number of hydrogen-bond donors (Lipinski definition) is 1. The number of methoxy groups -OCH3 is 1. The minimum absolute atomic E-state index is 0.169. The second kappa shape index (κ2) is 4.13. The number of rotatable bonds is 2. The maximum absolute atomic E-state index is 9.40. The van der Waals surface area contributed by atoms with Gasteiger partial charge in [-0.1, -0.05) is 20.8 Å². The molecule has 1 rings (SSSR count). The molecular weight excluding hydrogens is 196 g/mol. The van der Waals surface area contributed by atoms with E-state index in [1.807, 2.05) is 12.1 Å². The van der Waals surface area contributed by atoms with Crippen molar-refractivity contribution in [2.75, 3.05) is 7.11 Å². The molecule has 0 fully saturated rings. The molecule has 0 aliphatic heterocycles. The number of hydrogen-bond acceptors (Lipinski definition) is 3. The topological polar surface area (TPSA) is 29.5 Å². The summed E-state index contributed by atoms with van der Waals surface area (Å²) in [6, 6.07) is 5.41. The van der Waals surface area contributed by atoms with Crippen molar-refractivity contribution in [1.29, 1.82) is 0 Å². The van der Waals surface area contributed by atoms with Crippen LogP contribution in [-0.2, 0) is 0 Å². The molecule has 14 heavy (non-hydrogen) atoms. The smallest absolute Gasteiger partial charge is 0.161 e. The van der Waals surface area contributed by atoms with Crippen molar-refractivity contribution in [3.8, 4) is 11.5 Å². The maximum Gasteiger partial charge on any atom is 0.161 e. The molecule has 3 heteroatoms. The van der Waals surface area contributed by atoms with Crippen LogP contribution in [0.3, 0.4) is 0 Å². The molecule has 0 atom stereocenters. The van der Waals surface area contributed by atoms with E-state index < -0.39 is 0 Å². The van der Waals surface area contributed by atoms with E-state index >= 15 is 0 Å². The fourth-order valence-corrected chi connectivity index (χ4v) is 2.08. The summed E-state index contributed by atoms with van der Waals surface area (Å²) in [5.41, 5.74) is 0. The second-order valence-electron chi connectivity index (χ2n) is 4.05. The van der Waals surface area contributed by atoms with Crippen molar-refractivity contribution in [2.24, 2.45) is 0 Å². The van der Waals surface area contributed by atoms with Crippen LogP contribution in [0.15, 0.2) is 23.1 Å². The number of phenols is 1. The Morgan fingerprint density at radius 2 is 1.93 bits per heavy atom. The normalized spacial score (nSPS) is 11.4. The highest BCUT2D eigenvalue weighted by molar-refractivity contribution is 8.00. The molecule has 0 aromatic heterocycles. The molecule has 78 valence electrons. The van der Waals surface area contributed by atoms with Crippen molar-refractivity contribution < 1.29 is 9.84 Å². The molecule has 0 aliphatic rings. The predicted molar refractivity (Wildman–Crippen MR) is 60.3 cm³/mol. The molecule has 0 unspecified atom stereocenters. The van der Waals surface area contributed by atoms with Gasteiger partial charge in [-0.2, -0.15) is 0 Å². The molecular formula is C11H16O2S. The average molecular weight is 212 g/mol. The van der Waals surface area contributed by atoms with Crippen LogP contribution in [0, 0.1) is 0 Å². The van der Waals surface area contributed by atoms with Crippen molar-refractivity contribution in [1.82, 2.24) is 0 Å². The predicted octanol–water partition coefficient (Wildman–Crippen LogP) is 3.29. The Balaban J connectivity index is 2.90. The highest BCUT2D eigenvalue weighted by Gasteiger charge is 2.13. The lowest BCUT2D eigenvalue weighted by atomic mass is 10.3. The molecule has 0 saturated carbocycles. The van der Waals surface area contributed by atoms with E-state index in [0.717, 1.165) is 4.90 Å². The first-order chi connectivity index (χ1) is 6.42. The molecule has 0 aliphatic carbocycles. The number of thioether (sulfide) groups is 1. The third-order valence-corrected chi connectivity index (χ3v) is 2.68. The third kappa shape index (κ3) is 3.14. The fourth-order valence-electron chi connectivity index (χ4n) is 1.07. The first-order valence-electron chi connectivity index (χ1n) is 4.48. The highest BCUT2D eigenvalue weighted by Crippen LogP contribution is 2.36. The van der Waals surface area contributed by atoms with E-state index in [1.165, 1.54) is 0 Å². The van der Waals surface area contributed by atoms with Crippen LogP contribution in [-0.4, -0.2) is 17.0 Å². The quantitative estimate of drug-likeness (QED) is 0.763. The van der Waals surface area contributed by atoms with Crippen LogP contribution in [0.4, 0.5) is 0 Å². The van der Waals surface area contributed by atoms with Gasteiger partial charge in [0.15, 0.2) is 11.5 Å². The van der Waals surface area contributed by atoms with Crippen LogP contribution in [0.2, 0.25) is 0 Å². The van der Waals surface area contributed by atoms with Crippen LogP contribution in [0.25, 0.3) is 0 Å². The molecule has 1 aromatic carbocycles. The van der Waals surface area contributed by atoms with Crippen molar-refractivity contribution in [3.05, 3.63) is 18.2 Å². The summed E-state index contributed by atoms with van der Waals surface area (Å²) in [4.78, 5) is 1.10. The van der Waals surface area contributed by atoms with Crippen molar-refractivity contribution >= 4 is 11.8 Å². The Bertz CT molecular complexity index is 316. The summed E-state index contributed by atoms with van der Waals surface area (Å²) in [5.74, 6) is 0.713. The Morgan fingerprint density at radius 3 is 2.43 bits per heavy atom. The largest absolute Gasteiger partial charge is 0.504 e. The summed E-state index contributed by atoms with van der Waals surface area (Å²) in [6.45, 7) is 6.45. The lowest BCUT2D eigenvalue weighted by Gasteiger charge is -2.18. The van der Waals surface area contributed by atoms with E-state index in [1.54, 1.807) is 24.9 Å². The van der Waals surface area contributed by atoms with Gasteiger partial charge in [-0.15, -0.1) is 11.8 Å². The molecule has 0 saturated heterocycles. The summed E-state index contributed by atoms with van der Waals surface area (Å²) < 4.78 is 5.21. The fraction of sp³-hybridized carbons (Fsp3) is 0.455. The van der Waals surface area contributed by atoms with E-state index in [2.05, 4.69) is 20.8 Å². The minimum atomic E-state index is 0.169. The summed E-state index contributed by atoms with van der Waals surface area (Å²) in [6.07, 6.45) is 0. The summed E-state index contributed by atoms with van der Waals surface area (Å²) in [5, 5.41) is 9.40. The van der Waals surface area contributed by atoms with Crippen LogP contribution < -0.4 is 4.74 Å². The van der Waals surface area contributed by atoms with Gasteiger partial charge < -0.3 is 9.84 Å². The Labute approximate surface area is 89.3 Å². The number of benzene rings is 1. The van der Waals surface area contributed by atoms with Crippen molar-refractivity contribution in [3.63, 3.8) is 0 Å². The zero-order valence-electron chi connectivity index (χ0n) is 9.00. The van der Waals surface area contributed by atoms with Gasteiger partial charge in [-0.25, -0.2) is 0 Å². The van der Waals surface area contributed by atoms with Gasteiger partial charge in [0, 0.05) is 9.64 Å². The van der Waals surface area contributed by atoms with Crippen LogP contribution >= 0.6 is 11.8 Å². The molecule has 2 nitrogen and oxygen atoms in total. The van der Waals surface area contributed by atoms with Gasteiger partial charge in [0.25, 0.3) is 0 Å². The van der Waals surface area contributed by atoms with Gasteiger partial charge in [0.1, 0.15) is 0 Å². The van der Waals surface area contributed by atoms with Gasteiger partial charge in [-0.3, -0.25) is 0 Å². The van der Waals surface area contributed by atoms with Crippen LogP contribution in [0.5, 0.6) is 11.5 Å². The third-order valence-electron chi connectivity index (χ3n) is 1.58. The minimum Gasteiger partial charge on any atom is -0.504 e. The van der Waals surface area contributed by atoms with Crippen molar-refractivity contribution in [2.45, 2.75) is 30.4 Å². The molecule has 0 radical (unpaired) electrons. The Morgan fingerprint density at radius 1 is 1.29 bits per heavy atom. The SMILES string of the molecule is COc1cc(SC(C)(C)C)ccc1O. The zero-order valence-corrected chi connectivity index (χ0v) is 9.81. The Hall–Kier alpha value is -0.830. The van der Waals surface area contributed by atoms with Gasteiger partial charge in [0.05, 0.1) is 7.11 Å². The lowest BCUT2D eigenvalue weighted by Crippen LogP contribution is -2.06. The molecule has 1 N–H and O–H groups in total. The number of phenolic OH excluding ortho intramolecular Hbond substituents is 1. The number of ether oxygens (including phenoxy) is 1. The standard InChI is InChI=1S/C11H16O2S/c1-11(2,3)14-8-5-6-9(12)10(7-8)13-4/h5-7,12H,1-4H3. The molecule has 0 bridgehead atoms. The molecule has 0 heterocycles.